The summed E-state index contributed by atoms with van der Waals surface area (Å²) in [7, 11) is 0. The standard InChI is InChI=1S/C7H7N3O2/c11-10(12)7-5-6-3-1-2-4-9(6)8-7/h1,3,5H,2,4H2. The third kappa shape index (κ3) is 0.990. The molecule has 0 aliphatic carbocycles. The minimum Gasteiger partial charge on any atom is -0.358 e. The van der Waals surface area contributed by atoms with Crippen LogP contribution < -0.4 is 0 Å². The van der Waals surface area contributed by atoms with Crippen molar-refractivity contribution in [3.63, 3.8) is 0 Å². The molecule has 0 aromatic carbocycles. The summed E-state index contributed by atoms with van der Waals surface area (Å²) in [5.41, 5.74) is 0.813. The van der Waals surface area contributed by atoms with E-state index in [-0.39, 0.29) is 5.82 Å². The summed E-state index contributed by atoms with van der Waals surface area (Å²) in [5, 5.41) is 14.1. The normalized spacial score (nSPS) is 14.3. The van der Waals surface area contributed by atoms with Gasteiger partial charge in [-0.2, -0.15) is 4.68 Å². The van der Waals surface area contributed by atoms with Crippen LogP contribution in [0.5, 0.6) is 0 Å². The first-order valence-electron chi connectivity index (χ1n) is 3.66. The molecular weight excluding hydrogens is 158 g/mol. The molecule has 1 aromatic rings. The Balaban J connectivity index is 2.46. The molecule has 0 atom stereocenters. The predicted molar refractivity (Wildman–Crippen MR) is 42.5 cm³/mol. The lowest BCUT2D eigenvalue weighted by molar-refractivity contribution is -0.389. The number of aryl methyl sites for hydroxylation is 1. The Kier molecular flexibility index (Phi) is 1.43. The largest absolute Gasteiger partial charge is 0.390 e. The molecule has 0 amide bonds. The number of hydrogen-bond acceptors (Lipinski definition) is 3. The molecule has 0 N–H and O–H groups in total. The van der Waals surface area contributed by atoms with Crippen LogP contribution >= 0.6 is 0 Å². The maximum absolute atomic E-state index is 10.3. The molecule has 2 rings (SSSR count). The second-order valence-corrected chi connectivity index (χ2v) is 2.60. The highest BCUT2D eigenvalue weighted by Crippen LogP contribution is 2.16. The van der Waals surface area contributed by atoms with Crippen LogP contribution in [0.4, 0.5) is 5.82 Å². The fourth-order valence-corrected chi connectivity index (χ4v) is 1.22. The Bertz CT molecular complexity index is 354. The molecule has 0 spiro atoms. The zero-order valence-electron chi connectivity index (χ0n) is 6.30. The Labute approximate surface area is 68.5 Å². The molecule has 1 aliphatic heterocycles. The number of nitrogens with zero attached hydrogens (tertiary/aromatic N) is 3. The van der Waals surface area contributed by atoms with E-state index in [0.717, 1.165) is 18.7 Å². The van der Waals surface area contributed by atoms with Gasteiger partial charge in [0.05, 0.1) is 23.4 Å². The first-order chi connectivity index (χ1) is 5.77. The lowest BCUT2D eigenvalue weighted by atomic mass is 10.2. The van der Waals surface area contributed by atoms with Gasteiger partial charge in [0.15, 0.2) is 0 Å². The molecule has 0 radical (unpaired) electrons. The van der Waals surface area contributed by atoms with E-state index in [1.807, 2.05) is 12.2 Å². The van der Waals surface area contributed by atoms with E-state index >= 15 is 0 Å². The predicted octanol–water partition coefficient (Wildman–Crippen LogP) is 1.21. The van der Waals surface area contributed by atoms with Gasteiger partial charge in [-0.25, -0.2) is 0 Å². The molecule has 62 valence electrons. The van der Waals surface area contributed by atoms with Crippen LogP contribution in [0.15, 0.2) is 12.1 Å². The van der Waals surface area contributed by atoms with Crippen LogP contribution in [0.25, 0.3) is 6.08 Å². The molecule has 0 saturated heterocycles. The highest BCUT2D eigenvalue weighted by molar-refractivity contribution is 5.49. The van der Waals surface area contributed by atoms with E-state index in [2.05, 4.69) is 5.10 Å². The monoisotopic (exact) mass is 165 g/mol. The van der Waals surface area contributed by atoms with Crippen molar-refractivity contribution in [2.24, 2.45) is 0 Å². The molecule has 1 aromatic heterocycles. The number of aromatic nitrogens is 2. The van der Waals surface area contributed by atoms with Crippen LogP contribution in [0.3, 0.4) is 0 Å². The van der Waals surface area contributed by atoms with Crippen LogP contribution in [-0.4, -0.2) is 14.7 Å². The van der Waals surface area contributed by atoms with Gasteiger partial charge in [-0.1, -0.05) is 6.08 Å². The Hall–Kier alpha value is -1.65. The Morgan fingerprint density at radius 1 is 1.67 bits per heavy atom. The minimum atomic E-state index is -0.473. The molecule has 0 fully saturated rings. The van der Waals surface area contributed by atoms with Crippen molar-refractivity contribution in [2.75, 3.05) is 0 Å². The van der Waals surface area contributed by atoms with Gasteiger partial charge in [0.25, 0.3) is 0 Å². The molecule has 0 unspecified atom stereocenters. The van der Waals surface area contributed by atoms with Crippen molar-refractivity contribution < 1.29 is 4.92 Å². The quantitative estimate of drug-likeness (QED) is 0.464. The molecule has 0 saturated carbocycles. The summed E-state index contributed by atoms with van der Waals surface area (Å²) < 4.78 is 1.65. The fourth-order valence-electron chi connectivity index (χ4n) is 1.22. The summed E-state index contributed by atoms with van der Waals surface area (Å²) in [6.45, 7) is 0.736. The maximum Gasteiger partial charge on any atom is 0.390 e. The van der Waals surface area contributed by atoms with Crippen LogP contribution in [0, 0.1) is 10.1 Å². The average molecular weight is 165 g/mol. The number of hydrogen-bond donors (Lipinski definition) is 0. The van der Waals surface area contributed by atoms with Crippen molar-refractivity contribution in [1.82, 2.24) is 9.78 Å². The van der Waals surface area contributed by atoms with Gasteiger partial charge in [-0.05, 0) is 17.4 Å². The zero-order valence-corrected chi connectivity index (χ0v) is 6.30. The van der Waals surface area contributed by atoms with Gasteiger partial charge >= 0.3 is 5.82 Å². The SMILES string of the molecule is O=[N+]([O-])c1cc2n(n1)CCC=C2. The Morgan fingerprint density at radius 3 is 3.17 bits per heavy atom. The van der Waals surface area contributed by atoms with E-state index in [1.54, 1.807) is 4.68 Å². The first kappa shape index (κ1) is 7.02. The number of nitro groups is 1. The van der Waals surface area contributed by atoms with Gasteiger partial charge < -0.3 is 10.1 Å². The molecule has 0 bridgehead atoms. The molecule has 1 aliphatic rings. The number of rotatable bonds is 1. The summed E-state index contributed by atoms with van der Waals surface area (Å²) in [4.78, 5) is 9.85. The van der Waals surface area contributed by atoms with Gasteiger partial charge in [-0.15, -0.1) is 0 Å². The first-order valence-corrected chi connectivity index (χ1v) is 3.66. The minimum absolute atomic E-state index is 0.0726. The maximum atomic E-state index is 10.3. The molecule has 5 nitrogen and oxygen atoms in total. The van der Waals surface area contributed by atoms with E-state index in [4.69, 9.17) is 0 Å². The summed E-state index contributed by atoms with van der Waals surface area (Å²) in [6, 6.07) is 1.48. The van der Waals surface area contributed by atoms with Gasteiger partial charge in [0, 0.05) is 0 Å². The van der Waals surface area contributed by atoms with Crippen LogP contribution in [0.1, 0.15) is 12.1 Å². The van der Waals surface area contributed by atoms with Crippen LogP contribution in [-0.2, 0) is 6.54 Å². The van der Waals surface area contributed by atoms with Crippen molar-refractivity contribution in [2.45, 2.75) is 13.0 Å². The second kappa shape index (κ2) is 2.44. The smallest absolute Gasteiger partial charge is 0.358 e. The summed E-state index contributed by atoms with van der Waals surface area (Å²) in [5.74, 6) is -0.0726. The third-order valence-electron chi connectivity index (χ3n) is 1.78. The average Bonchev–Trinajstić information content (AvgIpc) is 2.46. The van der Waals surface area contributed by atoms with Gasteiger partial charge in [-0.3, -0.25) is 0 Å². The van der Waals surface area contributed by atoms with Crippen LogP contribution in [0.2, 0.25) is 0 Å². The van der Waals surface area contributed by atoms with E-state index in [1.165, 1.54) is 6.07 Å². The van der Waals surface area contributed by atoms with Crippen molar-refractivity contribution in [3.8, 4) is 0 Å². The highest BCUT2D eigenvalue weighted by atomic mass is 16.6. The van der Waals surface area contributed by atoms with E-state index in [0.29, 0.717) is 0 Å². The lowest BCUT2D eigenvalue weighted by Gasteiger charge is -2.00. The molecule has 2 heterocycles. The topological polar surface area (TPSA) is 61.0 Å². The van der Waals surface area contributed by atoms with Crippen molar-refractivity contribution in [3.05, 3.63) is 28.0 Å². The lowest BCUT2D eigenvalue weighted by Crippen LogP contribution is -2.04. The van der Waals surface area contributed by atoms with Gasteiger partial charge in [0.2, 0.25) is 0 Å². The molecule has 12 heavy (non-hydrogen) atoms. The summed E-state index contributed by atoms with van der Waals surface area (Å²) in [6.07, 6.45) is 4.73. The second-order valence-electron chi connectivity index (χ2n) is 2.60. The Morgan fingerprint density at radius 2 is 2.50 bits per heavy atom. The third-order valence-corrected chi connectivity index (χ3v) is 1.78. The fraction of sp³-hybridized carbons (Fsp3) is 0.286. The van der Waals surface area contributed by atoms with Crippen molar-refractivity contribution in [1.29, 1.82) is 0 Å². The van der Waals surface area contributed by atoms with E-state index in [9.17, 15) is 10.1 Å². The summed E-state index contributed by atoms with van der Waals surface area (Å²) >= 11 is 0. The van der Waals surface area contributed by atoms with Crippen molar-refractivity contribution >= 4 is 11.9 Å². The molecule has 5 heteroatoms. The number of fused-ring (bicyclic) bond motifs is 1. The molecular formula is C7H7N3O2. The number of allylic oxidation sites excluding steroid dienone is 1. The zero-order chi connectivity index (χ0) is 8.55. The van der Waals surface area contributed by atoms with Gasteiger partial charge in [0.1, 0.15) is 0 Å². The highest BCUT2D eigenvalue weighted by Gasteiger charge is 2.17. The van der Waals surface area contributed by atoms with E-state index < -0.39 is 4.92 Å².